The van der Waals surface area contributed by atoms with Crippen LogP contribution in [0.25, 0.3) is 0 Å². The lowest BCUT2D eigenvalue weighted by atomic mass is 10.1. The van der Waals surface area contributed by atoms with E-state index in [1.165, 1.54) is 16.8 Å². The first-order valence-electron chi connectivity index (χ1n) is 10.8. The van der Waals surface area contributed by atoms with Crippen LogP contribution in [0.2, 0.25) is 5.02 Å². The molecule has 4 rings (SSSR count). The SMILES string of the molecule is Cc1cccc(N2CCN(CC(=O)N3CCN(c4ccccc4Cl)CC3)CC2)c1C. The van der Waals surface area contributed by atoms with Crippen molar-refractivity contribution in [1.82, 2.24) is 9.80 Å². The van der Waals surface area contributed by atoms with E-state index in [0.717, 1.165) is 63.1 Å². The Morgan fingerprint density at radius 2 is 1.40 bits per heavy atom. The third-order valence-corrected chi connectivity index (χ3v) is 6.79. The third kappa shape index (κ3) is 4.57. The summed E-state index contributed by atoms with van der Waals surface area (Å²) in [6.07, 6.45) is 0. The number of halogens is 1. The van der Waals surface area contributed by atoms with Gasteiger partial charge in [0.05, 0.1) is 17.3 Å². The molecule has 0 aromatic heterocycles. The molecule has 2 heterocycles. The van der Waals surface area contributed by atoms with Gasteiger partial charge in [-0.2, -0.15) is 0 Å². The topological polar surface area (TPSA) is 30.0 Å². The Hall–Kier alpha value is -2.24. The lowest BCUT2D eigenvalue weighted by Crippen LogP contribution is -2.54. The average molecular weight is 427 g/mol. The van der Waals surface area contributed by atoms with Crippen molar-refractivity contribution in [3.05, 3.63) is 58.6 Å². The molecule has 0 radical (unpaired) electrons. The van der Waals surface area contributed by atoms with Gasteiger partial charge >= 0.3 is 0 Å². The molecule has 0 aliphatic carbocycles. The van der Waals surface area contributed by atoms with Gasteiger partial charge in [-0.15, -0.1) is 0 Å². The predicted octanol–water partition coefficient (Wildman–Crippen LogP) is 3.43. The minimum Gasteiger partial charge on any atom is -0.369 e. The lowest BCUT2D eigenvalue weighted by molar-refractivity contribution is -0.132. The molecule has 2 aromatic rings. The van der Waals surface area contributed by atoms with E-state index in [1.54, 1.807) is 0 Å². The minimum atomic E-state index is 0.244. The summed E-state index contributed by atoms with van der Waals surface area (Å²) in [5.41, 5.74) is 5.09. The number of hydrogen-bond donors (Lipinski definition) is 0. The van der Waals surface area contributed by atoms with Crippen LogP contribution in [0.1, 0.15) is 11.1 Å². The third-order valence-electron chi connectivity index (χ3n) is 6.47. The van der Waals surface area contributed by atoms with Crippen LogP contribution in [0.4, 0.5) is 11.4 Å². The summed E-state index contributed by atoms with van der Waals surface area (Å²) in [7, 11) is 0. The summed E-state index contributed by atoms with van der Waals surface area (Å²) in [5, 5.41) is 0.777. The second-order valence-corrected chi connectivity index (χ2v) is 8.71. The first-order chi connectivity index (χ1) is 14.5. The Morgan fingerprint density at radius 1 is 0.800 bits per heavy atom. The van der Waals surface area contributed by atoms with E-state index >= 15 is 0 Å². The molecule has 0 bridgehead atoms. The Balaban J connectivity index is 1.26. The normalized spacial score (nSPS) is 18.0. The number of rotatable bonds is 4. The zero-order valence-corrected chi connectivity index (χ0v) is 18.7. The molecule has 0 saturated carbocycles. The Labute approximate surface area is 184 Å². The Morgan fingerprint density at radius 3 is 2.10 bits per heavy atom. The van der Waals surface area contributed by atoms with Gasteiger partial charge in [0.15, 0.2) is 0 Å². The maximum atomic E-state index is 12.9. The van der Waals surface area contributed by atoms with Crippen LogP contribution in [0, 0.1) is 13.8 Å². The number of piperazine rings is 2. The number of nitrogens with zero attached hydrogens (tertiary/aromatic N) is 4. The molecule has 0 spiro atoms. The van der Waals surface area contributed by atoms with Crippen molar-refractivity contribution in [3.8, 4) is 0 Å². The van der Waals surface area contributed by atoms with Crippen LogP contribution >= 0.6 is 11.6 Å². The van der Waals surface area contributed by atoms with E-state index in [2.05, 4.69) is 52.8 Å². The fourth-order valence-corrected chi connectivity index (χ4v) is 4.68. The highest BCUT2D eigenvalue weighted by Crippen LogP contribution is 2.26. The van der Waals surface area contributed by atoms with E-state index in [0.29, 0.717) is 6.54 Å². The monoisotopic (exact) mass is 426 g/mol. The summed E-state index contributed by atoms with van der Waals surface area (Å²) in [5.74, 6) is 0.244. The van der Waals surface area contributed by atoms with Crippen LogP contribution in [0.5, 0.6) is 0 Å². The molecular formula is C24H31ClN4O. The second-order valence-electron chi connectivity index (χ2n) is 8.30. The number of carbonyl (C=O) groups excluding carboxylic acids is 1. The van der Waals surface area contributed by atoms with E-state index in [1.807, 2.05) is 23.1 Å². The predicted molar refractivity (Wildman–Crippen MR) is 125 cm³/mol. The van der Waals surface area contributed by atoms with Crippen molar-refractivity contribution < 1.29 is 4.79 Å². The molecule has 160 valence electrons. The van der Waals surface area contributed by atoms with Crippen LogP contribution in [-0.4, -0.2) is 74.6 Å². The van der Waals surface area contributed by atoms with Gasteiger partial charge in [0.1, 0.15) is 0 Å². The molecule has 2 aromatic carbocycles. The lowest BCUT2D eigenvalue weighted by Gasteiger charge is -2.39. The van der Waals surface area contributed by atoms with Gasteiger partial charge in [-0.1, -0.05) is 35.9 Å². The first-order valence-corrected chi connectivity index (χ1v) is 11.2. The molecule has 1 amide bonds. The van der Waals surface area contributed by atoms with Gasteiger partial charge in [0.25, 0.3) is 0 Å². The molecule has 0 atom stereocenters. The van der Waals surface area contributed by atoms with E-state index in [4.69, 9.17) is 11.6 Å². The standard InChI is InChI=1S/C24H31ClN4O/c1-19-6-5-9-22(20(19)2)27-12-10-26(11-13-27)18-24(30)29-16-14-28(15-17-29)23-8-4-3-7-21(23)25/h3-9H,10-18H2,1-2H3. The average Bonchev–Trinajstić information content (AvgIpc) is 2.77. The molecule has 0 N–H and O–H groups in total. The van der Waals surface area contributed by atoms with Crippen molar-refractivity contribution in [3.63, 3.8) is 0 Å². The fourth-order valence-electron chi connectivity index (χ4n) is 4.42. The Kier molecular flexibility index (Phi) is 6.49. The van der Waals surface area contributed by atoms with Crippen molar-refractivity contribution in [2.45, 2.75) is 13.8 Å². The smallest absolute Gasteiger partial charge is 0.236 e. The van der Waals surface area contributed by atoms with Crippen molar-refractivity contribution in [2.24, 2.45) is 0 Å². The van der Waals surface area contributed by atoms with E-state index in [-0.39, 0.29) is 5.91 Å². The maximum Gasteiger partial charge on any atom is 0.236 e. The summed E-state index contributed by atoms with van der Waals surface area (Å²) < 4.78 is 0. The molecule has 30 heavy (non-hydrogen) atoms. The van der Waals surface area contributed by atoms with Crippen LogP contribution < -0.4 is 9.80 Å². The summed E-state index contributed by atoms with van der Waals surface area (Å²) in [4.78, 5) is 21.9. The first kappa shape index (κ1) is 21.0. The number of para-hydroxylation sites is 1. The maximum absolute atomic E-state index is 12.9. The van der Waals surface area contributed by atoms with Crippen LogP contribution in [0.15, 0.2) is 42.5 Å². The molecule has 2 aliphatic heterocycles. The molecule has 6 heteroatoms. The van der Waals surface area contributed by atoms with Gasteiger partial charge in [0, 0.05) is 58.0 Å². The molecule has 2 saturated heterocycles. The molecular weight excluding hydrogens is 396 g/mol. The molecule has 5 nitrogen and oxygen atoms in total. The van der Waals surface area contributed by atoms with E-state index in [9.17, 15) is 4.79 Å². The number of anilines is 2. The zero-order chi connectivity index (χ0) is 21.1. The number of aryl methyl sites for hydroxylation is 1. The Bertz CT molecular complexity index is 887. The highest BCUT2D eigenvalue weighted by molar-refractivity contribution is 6.33. The number of hydrogen-bond acceptors (Lipinski definition) is 4. The fraction of sp³-hybridized carbons (Fsp3) is 0.458. The van der Waals surface area contributed by atoms with Crippen LogP contribution in [0.3, 0.4) is 0 Å². The molecule has 2 fully saturated rings. The molecule has 0 unspecified atom stereocenters. The van der Waals surface area contributed by atoms with E-state index < -0.39 is 0 Å². The summed E-state index contributed by atoms with van der Waals surface area (Å²) in [6, 6.07) is 14.4. The van der Waals surface area contributed by atoms with Crippen molar-refractivity contribution in [2.75, 3.05) is 68.7 Å². The summed E-state index contributed by atoms with van der Waals surface area (Å²) in [6.45, 7) is 11.9. The number of benzene rings is 2. The van der Waals surface area contributed by atoms with Gasteiger partial charge < -0.3 is 14.7 Å². The highest BCUT2D eigenvalue weighted by Gasteiger charge is 2.25. The highest BCUT2D eigenvalue weighted by atomic mass is 35.5. The van der Waals surface area contributed by atoms with Crippen LogP contribution in [-0.2, 0) is 4.79 Å². The van der Waals surface area contributed by atoms with Gasteiger partial charge in [-0.05, 0) is 43.2 Å². The quantitative estimate of drug-likeness (QED) is 0.749. The number of carbonyl (C=O) groups is 1. The van der Waals surface area contributed by atoms with Gasteiger partial charge in [-0.3, -0.25) is 9.69 Å². The zero-order valence-electron chi connectivity index (χ0n) is 18.0. The largest absolute Gasteiger partial charge is 0.369 e. The molecule has 2 aliphatic rings. The van der Waals surface area contributed by atoms with Crippen molar-refractivity contribution >= 4 is 28.9 Å². The minimum absolute atomic E-state index is 0.244. The number of amides is 1. The van der Waals surface area contributed by atoms with Gasteiger partial charge in [0.2, 0.25) is 5.91 Å². The van der Waals surface area contributed by atoms with Gasteiger partial charge in [-0.25, -0.2) is 0 Å². The van der Waals surface area contributed by atoms with Crippen molar-refractivity contribution in [1.29, 1.82) is 0 Å². The second kappa shape index (κ2) is 9.27. The summed E-state index contributed by atoms with van der Waals surface area (Å²) >= 11 is 6.33.